The summed E-state index contributed by atoms with van der Waals surface area (Å²) < 4.78 is 11.4. The monoisotopic (exact) mass is 450 g/mol. The molecule has 2 aromatic rings. The molecule has 172 valence electrons. The molecule has 0 radical (unpaired) electrons. The van der Waals surface area contributed by atoms with Crippen molar-refractivity contribution in [1.29, 1.82) is 0 Å². The first kappa shape index (κ1) is 20.5. The molecular weight excluding hydrogens is 424 g/mol. The molecule has 3 heterocycles. The Morgan fingerprint density at radius 1 is 1.30 bits per heavy atom. The van der Waals surface area contributed by atoms with Crippen molar-refractivity contribution in [3.05, 3.63) is 53.5 Å². The minimum Gasteiger partial charge on any atom is -0.504 e. The first-order valence-corrected chi connectivity index (χ1v) is 11.3. The van der Waals surface area contributed by atoms with E-state index in [0.29, 0.717) is 36.9 Å². The Balaban J connectivity index is 1.45. The van der Waals surface area contributed by atoms with Crippen molar-refractivity contribution in [2.24, 2.45) is 0 Å². The molecule has 1 amide bonds. The highest BCUT2D eigenvalue weighted by molar-refractivity contribution is 6.06. The molecule has 0 unspecified atom stereocenters. The molecule has 2 N–H and O–H groups in total. The molecule has 1 saturated heterocycles. The number of hydrogen-bond acceptors (Lipinski definition) is 7. The molecule has 1 spiro atoms. The fraction of sp³-hybridized carbons (Fsp3) is 0.440. The molecule has 2 fully saturated rings. The minimum atomic E-state index is -1.33. The maximum absolute atomic E-state index is 13.5. The number of likely N-dealkylation sites (N-methyl/N-ethyl adjacent to an activating group) is 2. The Labute approximate surface area is 191 Å². The quantitative estimate of drug-likeness (QED) is 0.689. The molecule has 1 aromatic heterocycles. The van der Waals surface area contributed by atoms with E-state index in [2.05, 4.69) is 0 Å². The van der Waals surface area contributed by atoms with Gasteiger partial charge in [0.05, 0.1) is 24.0 Å². The van der Waals surface area contributed by atoms with Crippen LogP contribution in [0.3, 0.4) is 0 Å². The molecule has 2 aliphatic heterocycles. The zero-order valence-corrected chi connectivity index (χ0v) is 18.5. The smallest absolute Gasteiger partial charge is 0.246 e. The van der Waals surface area contributed by atoms with Crippen LogP contribution in [0.1, 0.15) is 40.7 Å². The van der Waals surface area contributed by atoms with Gasteiger partial charge in [-0.3, -0.25) is 14.5 Å². The van der Waals surface area contributed by atoms with Crippen molar-refractivity contribution in [3.63, 3.8) is 0 Å². The molecule has 8 heteroatoms. The van der Waals surface area contributed by atoms with Gasteiger partial charge < -0.3 is 24.3 Å². The lowest BCUT2D eigenvalue weighted by molar-refractivity contribution is -0.184. The van der Waals surface area contributed by atoms with E-state index in [1.165, 1.54) is 12.1 Å². The summed E-state index contributed by atoms with van der Waals surface area (Å²) >= 11 is 0. The van der Waals surface area contributed by atoms with Crippen LogP contribution in [0.5, 0.6) is 11.5 Å². The number of ether oxygens (including phenoxy) is 1. The van der Waals surface area contributed by atoms with E-state index in [4.69, 9.17) is 9.15 Å². The number of Topliss-reactive ketones (excluding diaryl/α,β-unsaturated/α-hetero) is 1. The van der Waals surface area contributed by atoms with Gasteiger partial charge in [-0.15, -0.1) is 0 Å². The number of ketones is 1. The van der Waals surface area contributed by atoms with Crippen molar-refractivity contribution < 1.29 is 29.0 Å². The number of phenols is 1. The summed E-state index contributed by atoms with van der Waals surface area (Å²) in [4.78, 5) is 30.1. The van der Waals surface area contributed by atoms with Gasteiger partial charge in [0.2, 0.25) is 5.91 Å². The summed E-state index contributed by atoms with van der Waals surface area (Å²) in [6.07, 6.45) is 7.13. The molecule has 4 aliphatic rings. The maximum atomic E-state index is 13.5. The molecule has 2 bridgehead atoms. The molecule has 8 nitrogen and oxygen atoms in total. The Morgan fingerprint density at radius 3 is 2.88 bits per heavy atom. The highest BCUT2D eigenvalue weighted by Gasteiger charge is 2.75. The largest absolute Gasteiger partial charge is 0.504 e. The van der Waals surface area contributed by atoms with Crippen molar-refractivity contribution in [3.8, 4) is 11.5 Å². The van der Waals surface area contributed by atoms with E-state index in [-0.39, 0.29) is 29.2 Å². The van der Waals surface area contributed by atoms with Gasteiger partial charge in [0.1, 0.15) is 17.7 Å². The van der Waals surface area contributed by atoms with Gasteiger partial charge in [0.15, 0.2) is 17.3 Å². The third-order valence-corrected chi connectivity index (χ3v) is 8.33. The van der Waals surface area contributed by atoms with E-state index in [1.54, 1.807) is 42.7 Å². The number of amides is 1. The van der Waals surface area contributed by atoms with Gasteiger partial charge in [-0.1, -0.05) is 0 Å². The lowest BCUT2D eigenvalue weighted by Crippen LogP contribution is -2.79. The molecule has 1 saturated carbocycles. The van der Waals surface area contributed by atoms with E-state index < -0.39 is 23.2 Å². The van der Waals surface area contributed by atoms with Crippen molar-refractivity contribution in [2.75, 3.05) is 20.6 Å². The fourth-order valence-electron chi connectivity index (χ4n) is 6.81. The third-order valence-electron chi connectivity index (χ3n) is 8.33. The molecule has 5 atom stereocenters. The van der Waals surface area contributed by atoms with Gasteiger partial charge in [0.25, 0.3) is 0 Å². The van der Waals surface area contributed by atoms with Crippen LogP contribution in [0, 0.1) is 0 Å². The summed E-state index contributed by atoms with van der Waals surface area (Å²) in [6, 6.07) is 3.88. The number of phenolic OH excluding ortho intramolecular Hbond substituents is 1. The number of rotatable bonds is 3. The zero-order chi connectivity index (χ0) is 23.1. The number of furan rings is 1. The highest BCUT2D eigenvalue weighted by Crippen LogP contribution is 2.65. The van der Waals surface area contributed by atoms with Crippen molar-refractivity contribution in [2.45, 2.75) is 48.5 Å². The van der Waals surface area contributed by atoms with Crippen LogP contribution in [0.4, 0.5) is 0 Å². The van der Waals surface area contributed by atoms with E-state index >= 15 is 0 Å². The summed E-state index contributed by atoms with van der Waals surface area (Å²) in [5, 5.41) is 22.8. The molecule has 1 aromatic carbocycles. The minimum absolute atomic E-state index is 0.0439. The standard InChI is InChI=1S/C25H26N2O6/c1-26-11-10-24-19-15-4-5-17(28)21(19)33-23(24)16(7-9-25(24,31)22(26)20(15)30)27(2)18(29)6-3-14-8-12-32-13-14/h3-6,8,12-13,16,22-23,28,31H,7,9-11H2,1-2H3/b6-3+/t16-,22-,23+,24+,25-/m1/s1. The van der Waals surface area contributed by atoms with Gasteiger partial charge in [-0.25, -0.2) is 0 Å². The maximum Gasteiger partial charge on any atom is 0.246 e. The number of aromatic hydroxyl groups is 1. The van der Waals surface area contributed by atoms with Crippen LogP contribution in [0.15, 0.2) is 41.2 Å². The Hall–Kier alpha value is -3.10. The SMILES string of the molecule is CN1CC[C@]23c4c5ccc(O)c4O[C@H]2[C@H](N(C)C(=O)/C=C/c2ccoc2)CC[C@@]3(O)[C@H]1C5=O. The lowest BCUT2D eigenvalue weighted by Gasteiger charge is -2.63. The first-order chi connectivity index (χ1) is 15.8. The third kappa shape index (κ3) is 2.42. The molecule has 6 rings (SSSR count). The van der Waals surface area contributed by atoms with Gasteiger partial charge >= 0.3 is 0 Å². The van der Waals surface area contributed by atoms with Crippen LogP contribution in [0.25, 0.3) is 6.08 Å². The second-order valence-corrected chi connectivity index (χ2v) is 9.71. The number of hydrogen-bond donors (Lipinski definition) is 2. The van der Waals surface area contributed by atoms with Crippen LogP contribution in [-0.4, -0.2) is 76.1 Å². The van der Waals surface area contributed by atoms with E-state index in [0.717, 1.165) is 5.56 Å². The number of piperidine rings is 1. The summed E-state index contributed by atoms with van der Waals surface area (Å²) in [5.41, 5.74) is -0.296. The Kier molecular flexibility index (Phi) is 4.17. The van der Waals surface area contributed by atoms with E-state index in [9.17, 15) is 19.8 Å². The van der Waals surface area contributed by atoms with Crippen LogP contribution in [0.2, 0.25) is 0 Å². The van der Waals surface area contributed by atoms with Crippen LogP contribution in [-0.2, 0) is 10.2 Å². The second-order valence-electron chi connectivity index (χ2n) is 9.71. The Bertz CT molecular complexity index is 1190. The highest BCUT2D eigenvalue weighted by atomic mass is 16.5. The molecular formula is C25H26N2O6. The normalized spacial score (nSPS) is 34.3. The predicted molar refractivity (Wildman–Crippen MR) is 118 cm³/mol. The fourth-order valence-corrected chi connectivity index (χ4v) is 6.81. The van der Waals surface area contributed by atoms with Crippen molar-refractivity contribution >= 4 is 17.8 Å². The topological polar surface area (TPSA) is 103 Å². The van der Waals surface area contributed by atoms with Gasteiger partial charge in [-0.2, -0.15) is 0 Å². The molecule has 2 aliphatic carbocycles. The molecule has 33 heavy (non-hydrogen) atoms. The number of likely N-dealkylation sites (tertiary alicyclic amines) is 1. The number of aliphatic hydroxyl groups is 1. The summed E-state index contributed by atoms with van der Waals surface area (Å²) in [6.45, 7) is 0.609. The van der Waals surface area contributed by atoms with Crippen LogP contribution >= 0.6 is 0 Å². The summed E-state index contributed by atoms with van der Waals surface area (Å²) in [5.74, 6) is -0.100. The average Bonchev–Trinajstić information content (AvgIpc) is 3.43. The van der Waals surface area contributed by atoms with Gasteiger partial charge in [0, 0.05) is 29.8 Å². The van der Waals surface area contributed by atoms with Gasteiger partial charge in [-0.05, 0) is 57.1 Å². The zero-order valence-electron chi connectivity index (χ0n) is 18.5. The number of nitrogens with zero attached hydrogens (tertiary/aromatic N) is 2. The number of carbonyl (C=O) groups is 2. The predicted octanol–water partition coefficient (Wildman–Crippen LogP) is 1.95. The first-order valence-electron chi connectivity index (χ1n) is 11.3. The summed E-state index contributed by atoms with van der Waals surface area (Å²) in [7, 11) is 3.61. The van der Waals surface area contributed by atoms with Crippen LogP contribution < -0.4 is 4.74 Å². The number of carbonyl (C=O) groups excluding carboxylic acids is 2. The second kappa shape index (κ2) is 6.71. The average molecular weight is 450 g/mol. The van der Waals surface area contributed by atoms with Crippen molar-refractivity contribution in [1.82, 2.24) is 9.80 Å². The lowest BCUT2D eigenvalue weighted by atomic mass is 9.48. The Morgan fingerprint density at radius 2 is 2.12 bits per heavy atom. The van der Waals surface area contributed by atoms with E-state index in [1.807, 2.05) is 11.9 Å². The number of benzene rings is 1.